The average molecular weight is 379 g/mol. The maximum Gasteiger partial charge on any atom is 0.257 e. The molecule has 2 aromatic carbocycles. The van der Waals surface area contributed by atoms with Crippen LogP contribution in [0.25, 0.3) is 0 Å². The fourth-order valence-corrected chi connectivity index (χ4v) is 4.11. The van der Waals surface area contributed by atoms with E-state index in [1.165, 1.54) is 17.5 Å². The van der Waals surface area contributed by atoms with E-state index >= 15 is 0 Å². The molecule has 0 aromatic heterocycles. The standard InChI is InChI=1S/C23H26FN3O/c1-17-8-7-9-18(14-17)21-15-22(19-10-3-4-11-20(19)24)27(25-21)23(28)16-26-12-5-2-6-13-26/h3-4,7-11,14,22H,2,5-6,12-13,15-16H2,1H3/t22-/m1/s1. The Balaban J connectivity index is 1.63. The molecule has 1 atom stereocenters. The number of hydrogen-bond donors (Lipinski definition) is 0. The molecule has 0 spiro atoms. The lowest BCUT2D eigenvalue weighted by molar-refractivity contribution is -0.134. The monoisotopic (exact) mass is 379 g/mol. The third-order valence-corrected chi connectivity index (χ3v) is 5.59. The van der Waals surface area contributed by atoms with Gasteiger partial charge in [0.1, 0.15) is 5.82 Å². The number of benzene rings is 2. The number of amides is 1. The first kappa shape index (κ1) is 18.8. The zero-order valence-electron chi connectivity index (χ0n) is 16.3. The van der Waals surface area contributed by atoms with Gasteiger partial charge in [-0.05, 0) is 44.5 Å². The molecule has 0 bridgehead atoms. The van der Waals surface area contributed by atoms with E-state index in [0.717, 1.165) is 42.8 Å². The van der Waals surface area contributed by atoms with Gasteiger partial charge < -0.3 is 0 Å². The van der Waals surface area contributed by atoms with Crippen molar-refractivity contribution in [2.45, 2.75) is 38.6 Å². The van der Waals surface area contributed by atoms with E-state index in [0.29, 0.717) is 18.5 Å². The van der Waals surface area contributed by atoms with Crippen molar-refractivity contribution < 1.29 is 9.18 Å². The highest BCUT2D eigenvalue weighted by atomic mass is 19.1. The van der Waals surface area contributed by atoms with Crippen LogP contribution >= 0.6 is 0 Å². The van der Waals surface area contributed by atoms with Gasteiger partial charge in [0.05, 0.1) is 18.3 Å². The Morgan fingerprint density at radius 3 is 2.64 bits per heavy atom. The second kappa shape index (κ2) is 8.23. The van der Waals surface area contributed by atoms with Crippen molar-refractivity contribution in [2.24, 2.45) is 5.10 Å². The molecule has 0 unspecified atom stereocenters. The van der Waals surface area contributed by atoms with Gasteiger partial charge in [-0.25, -0.2) is 9.40 Å². The molecule has 28 heavy (non-hydrogen) atoms. The summed E-state index contributed by atoms with van der Waals surface area (Å²) in [6, 6.07) is 14.4. The van der Waals surface area contributed by atoms with E-state index in [4.69, 9.17) is 0 Å². The molecule has 1 saturated heterocycles. The Labute approximate surface area is 165 Å². The minimum Gasteiger partial charge on any atom is -0.294 e. The lowest BCUT2D eigenvalue weighted by Gasteiger charge is -2.29. The van der Waals surface area contributed by atoms with E-state index in [1.807, 2.05) is 31.2 Å². The number of carbonyl (C=O) groups excluding carboxylic acids is 1. The fourth-order valence-electron chi connectivity index (χ4n) is 4.11. The van der Waals surface area contributed by atoms with Gasteiger partial charge in [-0.2, -0.15) is 5.10 Å². The summed E-state index contributed by atoms with van der Waals surface area (Å²) in [5.41, 5.74) is 3.50. The summed E-state index contributed by atoms with van der Waals surface area (Å²) < 4.78 is 14.5. The molecule has 2 heterocycles. The van der Waals surface area contributed by atoms with Crippen molar-refractivity contribution in [3.8, 4) is 0 Å². The molecule has 2 aliphatic heterocycles. The number of piperidine rings is 1. The van der Waals surface area contributed by atoms with Gasteiger partial charge in [-0.3, -0.25) is 9.69 Å². The van der Waals surface area contributed by atoms with Gasteiger partial charge in [0, 0.05) is 12.0 Å². The van der Waals surface area contributed by atoms with Gasteiger partial charge in [-0.15, -0.1) is 0 Å². The number of hydrogen-bond acceptors (Lipinski definition) is 3. The molecule has 5 heteroatoms. The van der Waals surface area contributed by atoms with Gasteiger partial charge in [0.15, 0.2) is 0 Å². The van der Waals surface area contributed by atoms with Crippen molar-refractivity contribution >= 4 is 11.6 Å². The van der Waals surface area contributed by atoms with Crippen LogP contribution in [0, 0.1) is 12.7 Å². The normalized spacial score (nSPS) is 20.3. The van der Waals surface area contributed by atoms with Crippen LogP contribution < -0.4 is 0 Å². The van der Waals surface area contributed by atoms with Crippen LogP contribution in [-0.2, 0) is 4.79 Å². The summed E-state index contributed by atoms with van der Waals surface area (Å²) in [7, 11) is 0. The summed E-state index contributed by atoms with van der Waals surface area (Å²) >= 11 is 0. The minimum absolute atomic E-state index is 0.0576. The number of carbonyl (C=O) groups is 1. The molecule has 4 rings (SSSR count). The Morgan fingerprint density at radius 1 is 1.11 bits per heavy atom. The quantitative estimate of drug-likeness (QED) is 0.794. The Morgan fingerprint density at radius 2 is 1.89 bits per heavy atom. The molecule has 4 nitrogen and oxygen atoms in total. The second-order valence-corrected chi connectivity index (χ2v) is 7.73. The van der Waals surface area contributed by atoms with Crippen molar-refractivity contribution in [1.29, 1.82) is 0 Å². The van der Waals surface area contributed by atoms with Crippen LogP contribution in [0.5, 0.6) is 0 Å². The molecule has 2 aromatic rings. The van der Waals surface area contributed by atoms with Crippen molar-refractivity contribution in [1.82, 2.24) is 9.91 Å². The molecule has 1 fully saturated rings. The van der Waals surface area contributed by atoms with Crippen LogP contribution in [0.15, 0.2) is 53.6 Å². The van der Waals surface area contributed by atoms with Crippen LogP contribution in [0.4, 0.5) is 4.39 Å². The molecule has 0 saturated carbocycles. The number of likely N-dealkylation sites (tertiary alicyclic amines) is 1. The predicted molar refractivity (Wildman–Crippen MR) is 109 cm³/mol. The highest BCUT2D eigenvalue weighted by molar-refractivity contribution is 6.03. The number of halogens is 1. The van der Waals surface area contributed by atoms with Gasteiger partial charge >= 0.3 is 0 Å². The first-order chi connectivity index (χ1) is 13.6. The molecular formula is C23H26FN3O. The third kappa shape index (κ3) is 3.99. The van der Waals surface area contributed by atoms with Crippen LogP contribution in [0.2, 0.25) is 0 Å². The molecule has 2 aliphatic rings. The number of nitrogens with zero attached hydrogens (tertiary/aromatic N) is 3. The van der Waals surface area contributed by atoms with E-state index in [2.05, 4.69) is 16.1 Å². The molecular weight excluding hydrogens is 353 g/mol. The SMILES string of the molecule is Cc1cccc(C2=NN(C(=O)CN3CCCCC3)[C@@H](c3ccccc3F)C2)c1. The van der Waals surface area contributed by atoms with Gasteiger partial charge in [-0.1, -0.05) is 54.4 Å². The van der Waals surface area contributed by atoms with Crippen molar-refractivity contribution in [3.63, 3.8) is 0 Å². The lowest BCUT2D eigenvalue weighted by atomic mass is 9.97. The Hall–Kier alpha value is -2.53. The summed E-state index contributed by atoms with van der Waals surface area (Å²) in [4.78, 5) is 15.3. The minimum atomic E-state index is -0.394. The Kier molecular flexibility index (Phi) is 5.53. The third-order valence-electron chi connectivity index (χ3n) is 5.59. The molecule has 1 amide bonds. The van der Waals surface area contributed by atoms with E-state index in [9.17, 15) is 9.18 Å². The van der Waals surface area contributed by atoms with Gasteiger partial charge in [0.2, 0.25) is 0 Å². The zero-order valence-corrected chi connectivity index (χ0v) is 16.3. The number of hydrazone groups is 1. The summed E-state index contributed by atoms with van der Waals surface area (Å²) in [6.45, 7) is 4.26. The largest absolute Gasteiger partial charge is 0.294 e. The van der Waals surface area contributed by atoms with E-state index in [-0.39, 0.29) is 11.7 Å². The summed E-state index contributed by atoms with van der Waals surface area (Å²) in [5, 5.41) is 6.19. The van der Waals surface area contributed by atoms with Crippen LogP contribution in [-0.4, -0.2) is 41.2 Å². The zero-order chi connectivity index (χ0) is 19.5. The van der Waals surface area contributed by atoms with E-state index in [1.54, 1.807) is 12.1 Å². The van der Waals surface area contributed by atoms with Crippen LogP contribution in [0.3, 0.4) is 0 Å². The molecule has 0 N–H and O–H groups in total. The Bertz CT molecular complexity index is 889. The summed E-state index contributed by atoms with van der Waals surface area (Å²) in [6.07, 6.45) is 4.00. The maximum atomic E-state index is 14.5. The number of aryl methyl sites for hydroxylation is 1. The highest BCUT2D eigenvalue weighted by Gasteiger charge is 2.35. The number of rotatable bonds is 4. The van der Waals surface area contributed by atoms with E-state index < -0.39 is 6.04 Å². The van der Waals surface area contributed by atoms with Gasteiger partial charge in [0.25, 0.3) is 5.91 Å². The topological polar surface area (TPSA) is 35.9 Å². The predicted octanol–water partition coefficient (Wildman–Crippen LogP) is 4.30. The average Bonchev–Trinajstić information content (AvgIpc) is 3.14. The smallest absolute Gasteiger partial charge is 0.257 e. The second-order valence-electron chi connectivity index (χ2n) is 7.73. The molecule has 146 valence electrons. The molecule has 0 radical (unpaired) electrons. The summed E-state index contributed by atoms with van der Waals surface area (Å²) in [5.74, 6) is -0.346. The van der Waals surface area contributed by atoms with Crippen molar-refractivity contribution in [2.75, 3.05) is 19.6 Å². The first-order valence-corrected chi connectivity index (χ1v) is 10.0. The van der Waals surface area contributed by atoms with Crippen LogP contribution in [0.1, 0.15) is 48.4 Å². The molecule has 0 aliphatic carbocycles. The van der Waals surface area contributed by atoms with Crippen molar-refractivity contribution in [3.05, 3.63) is 71.0 Å². The highest BCUT2D eigenvalue weighted by Crippen LogP contribution is 2.34. The fraction of sp³-hybridized carbons (Fsp3) is 0.391. The lowest BCUT2D eigenvalue weighted by Crippen LogP contribution is -2.40. The first-order valence-electron chi connectivity index (χ1n) is 10.0. The maximum absolute atomic E-state index is 14.5.